The van der Waals surface area contributed by atoms with E-state index in [-0.39, 0.29) is 0 Å². The second-order valence-corrected chi connectivity index (χ2v) is 4.06. The van der Waals surface area contributed by atoms with E-state index in [1.165, 1.54) is 12.5 Å². The molecule has 0 bridgehead atoms. The van der Waals surface area contributed by atoms with Gasteiger partial charge in [0.05, 0.1) is 13.2 Å². The first-order valence-corrected chi connectivity index (χ1v) is 5.51. The largest absolute Gasteiger partial charge is 0.375 e. The van der Waals surface area contributed by atoms with Crippen molar-refractivity contribution in [2.24, 2.45) is 0 Å². The smallest absolute Gasteiger partial charge is 0.159 e. The molecule has 1 unspecified atom stereocenters. The second kappa shape index (κ2) is 5.37. The summed E-state index contributed by atoms with van der Waals surface area (Å²) >= 11 is 0. The molecule has 1 aromatic rings. The molecule has 1 aliphatic heterocycles. The Hall–Kier alpha value is -1.00. The predicted molar refractivity (Wildman–Crippen MR) is 57.0 cm³/mol. The van der Waals surface area contributed by atoms with Crippen LogP contribution in [-0.4, -0.2) is 19.2 Å². The Morgan fingerprint density at radius 1 is 1.31 bits per heavy atom. The Labute approximate surface area is 93.6 Å². The Balaban J connectivity index is 1.78. The lowest BCUT2D eigenvalue weighted by molar-refractivity contribution is 0.103. The van der Waals surface area contributed by atoms with E-state index in [9.17, 15) is 8.78 Å². The topological polar surface area (TPSA) is 21.3 Å². The highest BCUT2D eigenvalue weighted by Gasteiger charge is 2.13. The summed E-state index contributed by atoms with van der Waals surface area (Å²) in [6.07, 6.45) is 2.30. The van der Waals surface area contributed by atoms with Gasteiger partial charge in [0.1, 0.15) is 0 Å². The van der Waals surface area contributed by atoms with Crippen LogP contribution in [0.3, 0.4) is 0 Å². The molecular formula is C12H15F2NO. The number of halogens is 2. The first kappa shape index (κ1) is 11.5. The SMILES string of the molecule is Fc1ccc(COCC2CCCN2)cc1F. The van der Waals surface area contributed by atoms with Crippen LogP contribution in [0, 0.1) is 11.6 Å². The van der Waals surface area contributed by atoms with Crippen molar-refractivity contribution in [3.05, 3.63) is 35.4 Å². The third-order valence-electron chi connectivity index (χ3n) is 2.73. The molecule has 0 amide bonds. The molecular weight excluding hydrogens is 212 g/mol. The minimum absolute atomic E-state index is 0.329. The molecule has 1 saturated heterocycles. The highest BCUT2D eigenvalue weighted by Crippen LogP contribution is 2.11. The van der Waals surface area contributed by atoms with Crippen LogP contribution in [0.1, 0.15) is 18.4 Å². The van der Waals surface area contributed by atoms with Crippen LogP contribution >= 0.6 is 0 Å². The Bertz CT molecular complexity index is 351. The lowest BCUT2D eigenvalue weighted by Crippen LogP contribution is -2.26. The molecule has 1 N–H and O–H groups in total. The van der Waals surface area contributed by atoms with Crippen molar-refractivity contribution in [3.63, 3.8) is 0 Å². The molecule has 1 heterocycles. The normalized spacial score (nSPS) is 20.2. The predicted octanol–water partition coefficient (Wildman–Crippen LogP) is 2.23. The molecule has 0 spiro atoms. The summed E-state index contributed by atoms with van der Waals surface area (Å²) in [6.45, 7) is 1.99. The zero-order chi connectivity index (χ0) is 11.4. The molecule has 88 valence electrons. The molecule has 2 rings (SSSR count). The van der Waals surface area contributed by atoms with Gasteiger partial charge in [-0.1, -0.05) is 6.07 Å². The van der Waals surface area contributed by atoms with Gasteiger partial charge in [0.2, 0.25) is 0 Å². The van der Waals surface area contributed by atoms with Crippen molar-refractivity contribution in [1.82, 2.24) is 5.32 Å². The molecule has 0 aromatic heterocycles. The molecule has 1 aromatic carbocycles. The summed E-state index contributed by atoms with van der Waals surface area (Å²) < 4.78 is 31.0. The van der Waals surface area contributed by atoms with Crippen molar-refractivity contribution in [3.8, 4) is 0 Å². The minimum atomic E-state index is -0.819. The fraction of sp³-hybridized carbons (Fsp3) is 0.500. The van der Waals surface area contributed by atoms with E-state index in [0.29, 0.717) is 24.8 Å². The van der Waals surface area contributed by atoms with Crippen molar-refractivity contribution in [2.45, 2.75) is 25.5 Å². The third-order valence-corrected chi connectivity index (χ3v) is 2.73. The summed E-state index contributed by atoms with van der Waals surface area (Å²) in [7, 11) is 0. The van der Waals surface area contributed by atoms with Gasteiger partial charge in [0.15, 0.2) is 11.6 Å². The quantitative estimate of drug-likeness (QED) is 0.851. The summed E-state index contributed by atoms with van der Waals surface area (Å²) in [4.78, 5) is 0. The Morgan fingerprint density at radius 3 is 2.88 bits per heavy atom. The molecule has 0 aliphatic carbocycles. The van der Waals surface area contributed by atoms with Gasteiger partial charge in [0, 0.05) is 6.04 Å². The fourth-order valence-corrected chi connectivity index (χ4v) is 1.85. The summed E-state index contributed by atoms with van der Waals surface area (Å²) in [5, 5.41) is 3.30. The summed E-state index contributed by atoms with van der Waals surface area (Å²) in [5.41, 5.74) is 0.664. The van der Waals surface area contributed by atoms with Crippen molar-refractivity contribution in [1.29, 1.82) is 0 Å². The average Bonchev–Trinajstić information content (AvgIpc) is 2.76. The van der Waals surface area contributed by atoms with Gasteiger partial charge in [-0.3, -0.25) is 0 Å². The number of rotatable bonds is 4. The van der Waals surface area contributed by atoms with Gasteiger partial charge in [-0.2, -0.15) is 0 Å². The van der Waals surface area contributed by atoms with Crippen LogP contribution < -0.4 is 5.32 Å². The average molecular weight is 227 g/mol. The number of nitrogens with one attached hydrogen (secondary N) is 1. The maximum Gasteiger partial charge on any atom is 0.159 e. The number of hydrogen-bond acceptors (Lipinski definition) is 2. The van der Waals surface area contributed by atoms with E-state index in [1.807, 2.05) is 0 Å². The van der Waals surface area contributed by atoms with E-state index in [4.69, 9.17) is 4.74 Å². The Kier molecular flexibility index (Phi) is 3.85. The van der Waals surface area contributed by atoms with Crippen LogP contribution in [0.25, 0.3) is 0 Å². The number of ether oxygens (including phenoxy) is 1. The maximum absolute atomic E-state index is 12.9. The first-order valence-electron chi connectivity index (χ1n) is 5.51. The first-order chi connectivity index (χ1) is 7.75. The molecule has 1 aliphatic rings. The standard InChI is InChI=1S/C12H15F2NO/c13-11-4-3-9(6-12(11)14)7-16-8-10-2-1-5-15-10/h3-4,6,10,15H,1-2,5,7-8H2. The van der Waals surface area contributed by atoms with E-state index in [1.54, 1.807) is 6.07 Å². The third kappa shape index (κ3) is 3.00. The molecule has 1 atom stereocenters. The van der Waals surface area contributed by atoms with Crippen LogP contribution in [0.4, 0.5) is 8.78 Å². The van der Waals surface area contributed by atoms with Gasteiger partial charge >= 0.3 is 0 Å². The van der Waals surface area contributed by atoms with Crippen LogP contribution in [-0.2, 0) is 11.3 Å². The lowest BCUT2D eigenvalue weighted by Gasteiger charge is -2.10. The molecule has 2 nitrogen and oxygen atoms in total. The van der Waals surface area contributed by atoms with E-state index >= 15 is 0 Å². The van der Waals surface area contributed by atoms with Gasteiger partial charge in [0.25, 0.3) is 0 Å². The van der Waals surface area contributed by atoms with Crippen molar-refractivity contribution in [2.75, 3.05) is 13.2 Å². The zero-order valence-electron chi connectivity index (χ0n) is 9.01. The maximum atomic E-state index is 12.9. The summed E-state index contributed by atoms with van der Waals surface area (Å²) in [6, 6.07) is 4.25. The van der Waals surface area contributed by atoms with Gasteiger partial charge < -0.3 is 10.1 Å². The second-order valence-electron chi connectivity index (χ2n) is 4.06. The molecule has 0 radical (unpaired) electrons. The Morgan fingerprint density at radius 2 is 2.19 bits per heavy atom. The molecule has 1 fully saturated rings. The van der Waals surface area contributed by atoms with Crippen LogP contribution in [0.5, 0.6) is 0 Å². The lowest BCUT2D eigenvalue weighted by atomic mass is 10.2. The van der Waals surface area contributed by atoms with Gasteiger partial charge in [-0.05, 0) is 37.1 Å². The van der Waals surface area contributed by atoms with E-state index < -0.39 is 11.6 Å². The fourth-order valence-electron chi connectivity index (χ4n) is 1.85. The number of hydrogen-bond donors (Lipinski definition) is 1. The zero-order valence-corrected chi connectivity index (χ0v) is 9.01. The van der Waals surface area contributed by atoms with Crippen molar-refractivity contribution >= 4 is 0 Å². The van der Waals surface area contributed by atoms with Crippen LogP contribution in [0.15, 0.2) is 18.2 Å². The molecule has 16 heavy (non-hydrogen) atoms. The highest BCUT2D eigenvalue weighted by molar-refractivity contribution is 5.16. The van der Waals surface area contributed by atoms with Crippen LogP contribution in [0.2, 0.25) is 0 Å². The van der Waals surface area contributed by atoms with Gasteiger partial charge in [-0.15, -0.1) is 0 Å². The molecule has 4 heteroatoms. The summed E-state index contributed by atoms with van der Waals surface area (Å²) in [5.74, 6) is -1.64. The highest BCUT2D eigenvalue weighted by atomic mass is 19.2. The van der Waals surface area contributed by atoms with Crippen molar-refractivity contribution < 1.29 is 13.5 Å². The van der Waals surface area contributed by atoms with Gasteiger partial charge in [-0.25, -0.2) is 8.78 Å². The monoisotopic (exact) mass is 227 g/mol. The number of benzene rings is 1. The molecule has 0 saturated carbocycles. The van der Waals surface area contributed by atoms with E-state index in [2.05, 4.69) is 5.32 Å². The minimum Gasteiger partial charge on any atom is -0.375 e. The van der Waals surface area contributed by atoms with E-state index in [0.717, 1.165) is 19.0 Å².